The molecular formula is C16H19BrClNS. The van der Waals surface area contributed by atoms with Crippen molar-refractivity contribution < 1.29 is 0 Å². The third-order valence-electron chi connectivity index (χ3n) is 3.21. The van der Waals surface area contributed by atoms with Crippen molar-refractivity contribution in [2.24, 2.45) is 0 Å². The van der Waals surface area contributed by atoms with E-state index in [-0.39, 0.29) is 11.5 Å². The topological polar surface area (TPSA) is 12.0 Å². The zero-order valence-corrected chi connectivity index (χ0v) is 15.3. The summed E-state index contributed by atoms with van der Waals surface area (Å²) in [6.45, 7) is 6.74. The van der Waals surface area contributed by atoms with Crippen LogP contribution in [-0.2, 0) is 5.41 Å². The Hall–Kier alpha value is -0.350. The highest BCUT2D eigenvalue weighted by molar-refractivity contribution is 9.10. The zero-order chi connectivity index (χ0) is 14.9. The third kappa shape index (κ3) is 3.45. The van der Waals surface area contributed by atoms with Gasteiger partial charge in [-0.1, -0.05) is 54.4 Å². The lowest BCUT2D eigenvalue weighted by molar-refractivity contribution is 0.604. The molecule has 0 radical (unpaired) electrons. The summed E-state index contributed by atoms with van der Waals surface area (Å²) >= 11 is 11.5. The number of benzene rings is 1. The van der Waals surface area contributed by atoms with E-state index in [2.05, 4.69) is 60.2 Å². The fourth-order valence-corrected chi connectivity index (χ4v) is 4.20. The summed E-state index contributed by atoms with van der Waals surface area (Å²) in [6, 6.07) is 10.6. The van der Waals surface area contributed by atoms with Crippen LogP contribution in [0.2, 0.25) is 5.02 Å². The van der Waals surface area contributed by atoms with E-state index in [4.69, 9.17) is 11.6 Å². The van der Waals surface area contributed by atoms with Gasteiger partial charge in [0.15, 0.2) is 0 Å². The van der Waals surface area contributed by atoms with E-state index < -0.39 is 0 Å². The Morgan fingerprint density at radius 1 is 1.20 bits per heavy atom. The van der Waals surface area contributed by atoms with Gasteiger partial charge < -0.3 is 5.32 Å². The summed E-state index contributed by atoms with van der Waals surface area (Å²) < 4.78 is 1.04. The first-order chi connectivity index (χ1) is 9.32. The molecule has 20 heavy (non-hydrogen) atoms. The lowest BCUT2D eigenvalue weighted by atomic mass is 9.95. The monoisotopic (exact) mass is 371 g/mol. The van der Waals surface area contributed by atoms with Gasteiger partial charge in [0.05, 0.1) is 6.04 Å². The van der Waals surface area contributed by atoms with Gasteiger partial charge in [0.2, 0.25) is 0 Å². The molecule has 0 aliphatic rings. The molecule has 0 bridgehead atoms. The Morgan fingerprint density at radius 2 is 1.90 bits per heavy atom. The van der Waals surface area contributed by atoms with Gasteiger partial charge in [-0.3, -0.25) is 0 Å². The Balaban J connectivity index is 2.40. The minimum Gasteiger partial charge on any atom is -0.309 e. The second kappa shape index (κ2) is 6.18. The van der Waals surface area contributed by atoms with Crippen LogP contribution in [0.5, 0.6) is 0 Å². The molecule has 0 saturated heterocycles. The number of rotatable bonds is 3. The SMILES string of the molecule is CNC(c1ccc(C(C)(C)C)s1)c1ccc(Cl)cc1Br. The van der Waals surface area contributed by atoms with Crippen LogP contribution >= 0.6 is 38.9 Å². The molecule has 1 aromatic carbocycles. The van der Waals surface area contributed by atoms with Crippen LogP contribution < -0.4 is 5.32 Å². The highest BCUT2D eigenvalue weighted by atomic mass is 79.9. The molecule has 0 aliphatic heterocycles. The molecule has 0 spiro atoms. The summed E-state index contributed by atoms with van der Waals surface area (Å²) in [5.74, 6) is 0. The molecule has 0 fully saturated rings. The van der Waals surface area contributed by atoms with E-state index in [1.54, 1.807) is 0 Å². The van der Waals surface area contributed by atoms with Crippen molar-refractivity contribution in [1.29, 1.82) is 0 Å². The van der Waals surface area contributed by atoms with E-state index in [9.17, 15) is 0 Å². The summed E-state index contributed by atoms with van der Waals surface area (Å²) in [6.07, 6.45) is 0. The Labute approximate surface area is 138 Å². The quantitative estimate of drug-likeness (QED) is 0.721. The van der Waals surface area contributed by atoms with Crippen molar-refractivity contribution in [2.75, 3.05) is 7.05 Å². The predicted molar refractivity (Wildman–Crippen MR) is 93.1 cm³/mol. The third-order valence-corrected chi connectivity index (χ3v) is 5.71. The van der Waals surface area contributed by atoms with Crippen LogP contribution in [0.3, 0.4) is 0 Å². The van der Waals surface area contributed by atoms with Crippen LogP contribution in [0, 0.1) is 0 Å². The Morgan fingerprint density at radius 3 is 2.40 bits per heavy atom. The van der Waals surface area contributed by atoms with E-state index in [0.29, 0.717) is 0 Å². The molecule has 1 heterocycles. The Bertz CT molecular complexity index is 601. The summed E-state index contributed by atoms with van der Waals surface area (Å²) in [7, 11) is 1.99. The van der Waals surface area contributed by atoms with Gasteiger partial charge in [-0.05, 0) is 42.3 Å². The van der Waals surface area contributed by atoms with Crippen LogP contribution in [0.25, 0.3) is 0 Å². The molecule has 1 nitrogen and oxygen atoms in total. The maximum Gasteiger partial charge on any atom is 0.0679 e. The van der Waals surface area contributed by atoms with Crippen LogP contribution in [0.1, 0.15) is 42.1 Å². The van der Waals surface area contributed by atoms with Gasteiger partial charge in [-0.25, -0.2) is 0 Å². The fraction of sp³-hybridized carbons (Fsp3) is 0.375. The lowest BCUT2D eigenvalue weighted by Gasteiger charge is -2.18. The molecule has 2 rings (SSSR count). The lowest BCUT2D eigenvalue weighted by Crippen LogP contribution is -2.17. The van der Waals surface area contributed by atoms with Gasteiger partial charge in [-0.15, -0.1) is 11.3 Å². The molecule has 4 heteroatoms. The molecular weight excluding hydrogens is 354 g/mol. The molecule has 1 aromatic heterocycles. The van der Waals surface area contributed by atoms with E-state index in [1.807, 2.05) is 30.5 Å². The Kier molecular flexibility index (Phi) is 4.96. The largest absolute Gasteiger partial charge is 0.309 e. The zero-order valence-electron chi connectivity index (χ0n) is 12.1. The minimum atomic E-state index is 0.183. The van der Waals surface area contributed by atoms with Gasteiger partial charge >= 0.3 is 0 Å². The molecule has 1 N–H and O–H groups in total. The highest BCUT2D eigenvalue weighted by Gasteiger charge is 2.21. The smallest absolute Gasteiger partial charge is 0.0679 e. The summed E-state index contributed by atoms with van der Waals surface area (Å²) in [4.78, 5) is 2.72. The normalized spacial score (nSPS) is 13.5. The molecule has 108 valence electrons. The predicted octanol–water partition coefficient (Wildman–Crippen LogP) is 5.77. The first-order valence-electron chi connectivity index (χ1n) is 6.55. The van der Waals surface area contributed by atoms with Crippen molar-refractivity contribution in [2.45, 2.75) is 32.2 Å². The van der Waals surface area contributed by atoms with E-state index in [1.165, 1.54) is 15.3 Å². The second-order valence-corrected chi connectivity index (χ2v) is 8.25. The van der Waals surface area contributed by atoms with Crippen LogP contribution in [0.4, 0.5) is 0 Å². The van der Waals surface area contributed by atoms with Crippen molar-refractivity contribution in [3.05, 3.63) is 55.1 Å². The maximum absolute atomic E-state index is 6.03. The van der Waals surface area contributed by atoms with Gasteiger partial charge in [-0.2, -0.15) is 0 Å². The average Bonchev–Trinajstić information content (AvgIpc) is 2.82. The molecule has 0 aliphatic carbocycles. The van der Waals surface area contributed by atoms with E-state index >= 15 is 0 Å². The van der Waals surface area contributed by atoms with Gasteiger partial charge in [0, 0.05) is 19.2 Å². The first-order valence-corrected chi connectivity index (χ1v) is 8.54. The maximum atomic E-state index is 6.03. The highest BCUT2D eigenvalue weighted by Crippen LogP contribution is 2.37. The molecule has 2 aromatic rings. The first kappa shape index (κ1) is 16.0. The number of hydrogen-bond donors (Lipinski definition) is 1. The van der Waals surface area contributed by atoms with Gasteiger partial charge in [0.1, 0.15) is 0 Å². The fourth-order valence-electron chi connectivity index (χ4n) is 2.10. The summed E-state index contributed by atoms with van der Waals surface area (Å²) in [5, 5.41) is 4.14. The van der Waals surface area contributed by atoms with Crippen molar-refractivity contribution >= 4 is 38.9 Å². The number of hydrogen-bond acceptors (Lipinski definition) is 2. The van der Waals surface area contributed by atoms with Crippen molar-refractivity contribution in [3.63, 3.8) is 0 Å². The van der Waals surface area contributed by atoms with Crippen LogP contribution in [-0.4, -0.2) is 7.05 Å². The number of thiophene rings is 1. The van der Waals surface area contributed by atoms with Crippen molar-refractivity contribution in [3.8, 4) is 0 Å². The average molecular weight is 373 g/mol. The molecule has 0 saturated carbocycles. The number of nitrogens with one attached hydrogen (secondary N) is 1. The molecule has 1 unspecified atom stereocenters. The second-order valence-electron chi connectivity index (χ2n) is 5.84. The molecule has 0 amide bonds. The number of halogens is 2. The van der Waals surface area contributed by atoms with E-state index in [0.717, 1.165) is 9.50 Å². The van der Waals surface area contributed by atoms with Crippen LogP contribution in [0.15, 0.2) is 34.8 Å². The molecule has 1 atom stereocenters. The summed E-state index contributed by atoms with van der Waals surface area (Å²) in [5.41, 5.74) is 1.40. The van der Waals surface area contributed by atoms with Crippen molar-refractivity contribution in [1.82, 2.24) is 5.32 Å². The standard InChI is InChI=1S/C16H19BrClNS/c1-16(2,3)14-8-7-13(20-14)15(19-4)11-6-5-10(18)9-12(11)17/h5-9,15,19H,1-4H3. The van der Waals surface area contributed by atoms with Gasteiger partial charge in [0.25, 0.3) is 0 Å². The minimum absolute atomic E-state index is 0.183.